The van der Waals surface area contributed by atoms with Crippen LogP contribution in [0.2, 0.25) is 0 Å². The lowest BCUT2D eigenvalue weighted by atomic mass is 10.3. The molecule has 0 bridgehead atoms. The van der Waals surface area contributed by atoms with E-state index < -0.39 is 54.3 Å². The number of hydrogen-bond acceptors (Lipinski definition) is 6. The lowest BCUT2D eigenvalue weighted by molar-refractivity contribution is -0.141. The molecule has 0 fully saturated rings. The van der Waals surface area contributed by atoms with Gasteiger partial charge in [0.2, 0.25) is 23.6 Å². The Morgan fingerprint density at radius 3 is 1.64 bits per heavy atom. The number of carbonyl (C=O) groups excluding carboxylic acids is 4. The highest BCUT2D eigenvalue weighted by Crippen LogP contribution is 1.84. The third-order valence-electron chi connectivity index (χ3n) is 2.78. The quantitative estimate of drug-likeness (QED) is 0.247. The van der Waals surface area contributed by atoms with E-state index in [2.05, 4.69) is 21.3 Å². The Labute approximate surface area is 150 Å². The summed E-state index contributed by atoms with van der Waals surface area (Å²) >= 11 is 0. The molecule has 0 aliphatic carbocycles. The molecule has 0 spiro atoms. The molecule has 0 heterocycles. The zero-order valence-electron chi connectivity index (χ0n) is 14.1. The smallest absolute Gasteiger partial charge is 0.325 e. The molecule has 0 radical (unpaired) electrons. The van der Waals surface area contributed by atoms with Crippen molar-refractivity contribution in [3.05, 3.63) is 0 Å². The first-order chi connectivity index (χ1) is 11.0. The minimum absolute atomic E-state index is 0. The molecule has 3 atom stereocenters. The molecule has 0 aromatic heterocycles. The van der Waals surface area contributed by atoms with Crippen molar-refractivity contribution in [3.8, 4) is 0 Å². The van der Waals surface area contributed by atoms with Crippen molar-refractivity contribution in [2.24, 2.45) is 5.73 Å². The van der Waals surface area contributed by atoms with Crippen LogP contribution in [0.3, 0.4) is 0 Å². The van der Waals surface area contributed by atoms with Gasteiger partial charge in [0.25, 0.3) is 0 Å². The fourth-order valence-electron chi connectivity index (χ4n) is 1.36. The Hall–Kier alpha value is -2.40. The molecular formula is C13H24ClN5O6. The van der Waals surface area contributed by atoms with E-state index in [1.165, 1.54) is 20.8 Å². The van der Waals surface area contributed by atoms with Gasteiger partial charge in [-0.05, 0) is 20.8 Å². The second-order valence-corrected chi connectivity index (χ2v) is 5.14. The Morgan fingerprint density at radius 1 is 0.840 bits per heavy atom. The average Bonchev–Trinajstić information content (AvgIpc) is 2.49. The minimum Gasteiger partial charge on any atom is -0.480 e. The van der Waals surface area contributed by atoms with Gasteiger partial charge in [-0.2, -0.15) is 0 Å². The molecule has 12 heteroatoms. The molecule has 4 amide bonds. The summed E-state index contributed by atoms with van der Waals surface area (Å²) in [5, 5.41) is 17.6. The SMILES string of the molecule is C[C@H](N)C(=O)NCC(=O)N[C@@H](C)C(=O)NCC(=O)N[C@@H](C)C(=O)O.Cl. The standard InChI is InChI=1S/C13H23N5O6.ClH/c1-6(14)11(21)15-4-9(19)17-7(2)12(22)16-5-10(20)18-8(3)13(23)24;/h6-8H,4-5,14H2,1-3H3,(H,15,21)(H,16,22)(H,17,19)(H,18,20)(H,23,24);1H/t6-,7-,8-;/m0./s1. The van der Waals surface area contributed by atoms with Crippen LogP contribution in [0.15, 0.2) is 0 Å². The third-order valence-corrected chi connectivity index (χ3v) is 2.78. The lowest BCUT2D eigenvalue weighted by Crippen LogP contribution is -2.51. The molecule has 0 aromatic carbocycles. The van der Waals surface area contributed by atoms with Gasteiger partial charge in [-0.15, -0.1) is 12.4 Å². The van der Waals surface area contributed by atoms with Crippen molar-refractivity contribution in [2.45, 2.75) is 38.9 Å². The summed E-state index contributed by atoms with van der Waals surface area (Å²) in [7, 11) is 0. The number of nitrogens with two attached hydrogens (primary N) is 1. The number of nitrogens with one attached hydrogen (secondary N) is 4. The third kappa shape index (κ3) is 10.9. The fourth-order valence-corrected chi connectivity index (χ4v) is 1.36. The van der Waals surface area contributed by atoms with Gasteiger partial charge in [-0.1, -0.05) is 0 Å². The number of hydrogen-bond donors (Lipinski definition) is 6. The van der Waals surface area contributed by atoms with E-state index in [1.807, 2.05) is 0 Å². The fraction of sp³-hybridized carbons (Fsp3) is 0.615. The molecule has 0 saturated heterocycles. The Balaban J connectivity index is 0. The van der Waals surface area contributed by atoms with Gasteiger partial charge < -0.3 is 32.1 Å². The van der Waals surface area contributed by atoms with E-state index in [-0.39, 0.29) is 19.0 Å². The molecule has 25 heavy (non-hydrogen) atoms. The highest BCUT2D eigenvalue weighted by Gasteiger charge is 2.18. The number of aliphatic carboxylic acids is 1. The van der Waals surface area contributed by atoms with Crippen molar-refractivity contribution in [1.29, 1.82) is 0 Å². The highest BCUT2D eigenvalue weighted by molar-refractivity contribution is 5.92. The van der Waals surface area contributed by atoms with E-state index in [9.17, 15) is 24.0 Å². The van der Waals surface area contributed by atoms with E-state index in [1.54, 1.807) is 0 Å². The first-order valence-corrected chi connectivity index (χ1v) is 7.17. The summed E-state index contributed by atoms with van der Waals surface area (Å²) in [6.07, 6.45) is 0. The van der Waals surface area contributed by atoms with Crippen LogP contribution in [0.5, 0.6) is 0 Å². The molecular weight excluding hydrogens is 358 g/mol. The van der Waals surface area contributed by atoms with Crippen LogP contribution >= 0.6 is 12.4 Å². The van der Waals surface area contributed by atoms with Crippen molar-refractivity contribution in [1.82, 2.24) is 21.3 Å². The zero-order chi connectivity index (χ0) is 18.9. The van der Waals surface area contributed by atoms with Gasteiger partial charge in [0, 0.05) is 0 Å². The summed E-state index contributed by atoms with van der Waals surface area (Å²) in [5.74, 6) is -3.63. The monoisotopic (exact) mass is 381 g/mol. The van der Waals surface area contributed by atoms with E-state index in [4.69, 9.17) is 10.8 Å². The summed E-state index contributed by atoms with van der Waals surface area (Å²) in [6, 6.07) is -2.79. The van der Waals surface area contributed by atoms with Crippen LogP contribution in [0.1, 0.15) is 20.8 Å². The van der Waals surface area contributed by atoms with Gasteiger partial charge in [0.05, 0.1) is 19.1 Å². The first-order valence-electron chi connectivity index (χ1n) is 7.17. The number of rotatable bonds is 9. The van der Waals surface area contributed by atoms with Gasteiger partial charge >= 0.3 is 5.97 Å². The molecule has 0 rings (SSSR count). The van der Waals surface area contributed by atoms with Crippen LogP contribution in [0, 0.1) is 0 Å². The highest BCUT2D eigenvalue weighted by atomic mass is 35.5. The van der Waals surface area contributed by atoms with Gasteiger partial charge in [-0.3, -0.25) is 24.0 Å². The molecule has 11 nitrogen and oxygen atoms in total. The maximum absolute atomic E-state index is 11.7. The zero-order valence-corrected chi connectivity index (χ0v) is 14.9. The largest absolute Gasteiger partial charge is 0.480 e. The van der Waals surface area contributed by atoms with Crippen molar-refractivity contribution >= 4 is 42.0 Å². The minimum atomic E-state index is -1.20. The number of carboxylic acids is 1. The van der Waals surface area contributed by atoms with Crippen molar-refractivity contribution in [2.75, 3.05) is 13.1 Å². The Bertz CT molecular complexity index is 513. The summed E-state index contributed by atoms with van der Waals surface area (Å²) in [4.78, 5) is 56.4. The Kier molecular flexibility index (Phi) is 12.0. The van der Waals surface area contributed by atoms with E-state index in [0.29, 0.717) is 0 Å². The molecule has 0 unspecified atom stereocenters. The van der Waals surface area contributed by atoms with Gasteiger partial charge in [0.15, 0.2) is 0 Å². The molecule has 0 aromatic rings. The summed E-state index contributed by atoms with van der Waals surface area (Å²) in [5.41, 5.74) is 5.31. The van der Waals surface area contributed by atoms with Gasteiger partial charge in [0.1, 0.15) is 12.1 Å². The molecule has 7 N–H and O–H groups in total. The number of amides is 4. The van der Waals surface area contributed by atoms with Crippen LogP contribution in [-0.2, 0) is 24.0 Å². The molecule has 0 aliphatic rings. The second kappa shape index (κ2) is 12.0. The predicted molar refractivity (Wildman–Crippen MR) is 89.8 cm³/mol. The number of halogens is 1. The van der Waals surface area contributed by atoms with Crippen LogP contribution < -0.4 is 27.0 Å². The van der Waals surface area contributed by atoms with Gasteiger partial charge in [-0.25, -0.2) is 0 Å². The lowest BCUT2D eigenvalue weighted by Gasteiger charge is -2.15. The predicted octanol–water partition coefficient (Wildman–Crippen LogP) is -2.92. The van der Waals surface area contributed by atoms with Crippen molar-refractivity contribution in [3.63, 3.8) is 0 Å². The van der Waals surface area contributed by atoms with E-state index in [0.717, 1.165) is 0 Å². The van der Waals surface area contributed by atoms with Crippen molar-refractivity contribution < 1.29 is 29.1 Å². The second-order valence-electron chi connectivity index (χ2n) is 5.14. The molecule has 144 valence electrons. The average molecular weight is 382 g/mol. The number of carbonyl (C=O) groups is 5. The maximum atomic E-state index is 11.7. The molecule has 0 aliphatic heterocycles. The molecule has 0 saturated carbocycles. The maximum Gasteiger partial charge on any atom is 0.325 e. The topological polar surface area (TPSA) is 180 Å². The van der Waals surface area contributed by atoms with E-state index >= 15 is 0 Å². The summed E-state index contributed by atoms with van der Waals surface area (Å²) in [6.45, 7) is 3.35. The van der Waals surface area contributed by atoms with Crippen LogP contribution in [0.4, 0.5) is 0 Å². The van der Waals surface area contributed by atoms with Crippen LogP contribution in [0.25, 0.3) is 0 Å². The Morgan fingerprint density at radius 2 is 1.24 bits per heavy atom. The summed E-state index contributed by atoms with van der Waals surface area (Å²) < 4.78 is 0. The van der Waals surface area contributed by atoms with Crippen LogP contribution in [-0.4, -0.2) is 65.9 Å². The number of carboxylic acid groups (broad SMARTS) is 1. The normalized spacial score (nSPS) is 13.3. The first kappa shape index (κ1) is 24.8.